The molecule has 0 bridgehead atoms. The van der Waals surface area contributed by atoms with Crippen molar-refractivity contribution in [2.45, 2.75) is 32.9 Å². The van der Waals surface area contributed by atoms with E-state index in [1.807, 2.05) is 0 Å². The van der Waals surface area contributed by atoms with Gasteiger partial charge in [-0.1, -0.05) is 11.6 Å². The zero-order valence-electron chi connectivity index (χ0n) is 14.8. The topological polar surface area (TPSA) is 92.6 Å². The van der Waals surface area contributed by atoms with E-state index in [-0.39, 0.29) is 6.54 Å². The van der Waals surface area contributed by atoms with Gasteiger partial charge < -0.3 is 9.84 Å². The third-order valence-electron chi connectivity index (χ3n) is 3.13. The van der Waals surface area contributed by atoms with Crippen molar-refractivity contribution in [3.8, 4) is 11.4 Å². The fourth-order valence-electron chi connectivity index (χ4n) is 2.21. The van der Waals surface area contributed by atoms with Gasteiger partial charge in [0.05, 0.1) is 0 Å². The maximum Gasteiger partial charge on any atom is 0.411 e. The van der Waals surface area contributed by atoms with Gasteiger partial charge in [-0.25, -0.2) is 14.8 Å². The van der Waals surface area contributed by atoms with E-state index in [0.717, 1.165) is 4.90 Å². The molecule has 0 atom stereocenters. The Morgan fingerprint density at radius 3 is 2.42 bits per heavy atom. The Morgan fingerprint density at radius 2 is 1.85 bits per heavy atom. The Hall–Kier alpha value is -2.67. The van der Waals surface area contributed by atoms with Crippen molar-refractivity contribution in [1.29, 1.82) is 0 Å². The quantitative estimate of drug-likeness (QED) is 0.855. The second kappa shape index (κ2) is 8.14. The van der Waals surface area contributed by atoms with Crippen molar-refractivity contribution in [3.05, 3.63) is 47.2 Å². The summed E-state index contributed by atoms with van der Waals surface area (Å²) < 4.78 is 5.28. The first-order valence-corrected chi connectivity index (χ1v) is 8.28. The van der Waals surface area contributed by atoms with Gasteiger partial charge in [0.2, 0.25) is 0 Å². The summed E-state index contributed by atoms with van der Waals surface area (Å²) in [7, 11) is 0. The van der Waals surface area contributed by atoms with Gasteiger partial charge in [-0.2, -0.15) is 0 Å². The van der Waals surface area contributed by atoms with E-state index >= 15 is 0 Å². The van der Waals surface area contributed by atoms with E-state index < -0.39 is 24.2 Å². The number of rotatable bonds is 5. The highest BCUT2D eigenvalue weighted by atomic mass is 35.5. The SMILES string of the molecule is CC(C)(C)OC(=O)N(CC(=O)O)Cc1cc(Cl)cc(-c2ncccn2)c1. The summed E-state index contributed by atoms with van der Waals surface area (Å²) in [6, 6.07) is 6.83. The van der Waals surface area contributed by atoms with E-state index in [1.54, 1.807) is 57.4 Å². The van der Waals surface area contributed by atoms with Gasteiger partial charge in [0, 0.05) is 29.5 Å². The fourth-order valence-corrected chi connectivity index (χ4v) is 2.47. The van der Waals surface area contributed by atoms with Gasteiger partial charge >= 0.3 is 12.1 Å². The smallest absolute Gasteiger partial charge is 0.411 e. The van der Waals surface area contributed by atoms with Crippen LogP contribution in [0, 0.1) is 0 Å². The zero-order valence-corrected chi connectivity index (χ0v) is 15.5. The fraction of sp³-hybridized carbons (Fsp3) is 0.333. The molecule has 0 saturated heterocycles. The molecule has 0 aliphatic heterocycles. The number of halogens is 1. The third-order valence-corrected chi connectivity index (χ3v) is 3.35. The number of carboxylic acids is 1. The van der Waals surface area contributed by atoms with E-state index in [4.69, 9.17) is 21.4 Å². The summed E-state index contributed by atoms with van der Waals surface area (Å²) >= 11 is 6.17. The summed E-state index contributed by atoms with van der Waals surface area (Å²) in [5.41, 5.74) is 0.588. The molecule has 0 fully saturated rings. The molecule has 0 saturated carbocycles. The van der Waals surface area contributed by atoms with Crippen molar-refractivity contribution in [2.24, 2.45) is 0 Å². The molecule has 2 rings (SSSR count). The van der Waals surface area contributed by atoms with Crippen LogP contribution in [0.5, 0.6) is 0 Å². The van der Waals surface area contributed by atoms with Crippen molar-refractivity contribution < 1.29 is 19.4 Å². The van der Waals surface area contributed by atoms with Crippen molar-refractivity contribution in [1.82, 2.24) is 14.9 Å². The number of benzene rings is 1. The molecule has 1 aromatic carbocycles. The number of hydrogen-bond donors (Lipinski definition) is 1. The molecule has 1 amide bonds. The average molecular weight is 378 g/mol. The number of carbonyl (C=O) groups excluding carboxylic acids is 1. The van der Waals surface area contributed by atoms with Gasteiger partial charge in [-0.05, 0) is 50.6 Å². The highest BCUT2D eigenvalue weighted by Gasteiger charge is 2.24. The summed E-state index contributed by atoms with van der Waals surface area (Å²) in [5, 5.41) is 9.54. The van der Waals surface area contributed by atoms with Crippen LogP contribution >= 0.6 is 11.6 Å². The number of ether oxygens (including phenoxy) is 1. The maximum atomic E-state index is 12.3. The lowest BCUT2D eigenvalue weighted by Gasteiger charge is -2.26. The van der Waals surface area contributed by atoms with Crippen LogP contribution in [0.3, 0.4) is 0 Å². The molecule has 1 aromatic heterocycles. The Kier molecular flexibility index (Phi) is 6.15. The van der Waals surface area contributed by atoms with Crippen molar-refractivity contribution in [2.75, 3.05) is 6.54 Å². The van der Waals surface area contributed by atoms with E-state index in [0.29, 0.717) is 22.0 Å². The highest BCUT2D eigenvalue weighted by Crippen LogP contribution is 2.23. The second-order valence-electron chi connectivity index (χ2n) is 6.65. The molecule has 0 unspecified atom stereocenters. The number of carbonyl (C=O) groups is 2. The lowest BCUT2D eigenvalue weighted by molar-refractivity contribution is -0.138. The van der Waals surface area contributed by atoms with Crippen LogP contribution in [-0.2, 0) is 16.1 Å². The molecule has 2 aromatic rings. The van der Waals surface area contributed by atoms with Crippen LogP contribution in [0.25, 0.3) is 11.4 Å². The monoisotopic (exact) mass is 377 g/mol. The van der Waals surface area contributed by atoms with Gasteiger partial charge in [0.25, 0.3) is 0 Å². The Balaban J connectivity index is 2.28. The van der Waals surface area contributed by atoms with Gasteiger partial charge in [-0.3, -0.25) is 9.69 Å². The molecule has 0 spiro atoms. The molecule has 0 aliphatic carbocycles. The number of nitrogens with zero attached hydrogens (tertiary/aromatic N) is 3. The average Bonchev–Trinajstić information content (AvgIpc) is 2.52. The van der Waals surface area contributed by atoms with Crippen LogP contribution in [0.15, 0.2) is 36.7 Å². The summed E-state index contributed by atoms with van der Waals surface area (Å²) in [6.07, 6.45) is 2.51. The van der Waals surface area contributed by atoms with Crippen LogP contribution < -0.4 is 0 Å². The first-order chi connectivity index (χ1) is 12.1. The van der Waals surface area contributed by atoms with Crippen LogP contribution in [0.4, 0.5) is 4.79 Å². The molecule has 138 valence electrons. The predicted molar refractivity (Wildman–Crippen MR) is 96.8 cm³/mol. The maximum absolute atomic E-state index is 12.3. The number of amides is 1. The summed E-state index contributed by atoms with van der Waals surface area (Å²) in [4.78, 5) is 32.9. The minimum atomic E-state index is -1.13. The number of aromatic nitrogens is 2. The Bertz CT molecular complexity index is 791. The molecule has 8 heteroatoms. The predicted octanol–water partition coefficient (Wildman–Crippen LogP) is 3.62. The van der Waals surface area contributed by atoms with Crippen molar-refractivity contribution >= 4 is 23.7 Å². The van der Waals surface area contributed by atoms with Crippen LogP contribution in [-0.4, -0.2) is 44.2 Å². The summed E-state index contributed by atoms with van der Waals surface area (Å²) in [6.45, 7) is 4.69. The normalized spacial score (nSPS) is 11.1. The van der Waals surface area contributed by atoms with Crippen LogP contribution in [0.1, 0.15) is 26.3 Å². The van der Waals surface area contributed by atoms with E-state index in [2.05, 4.69) is 9.97 Å². The highest BCUT2D eigenvalue weighted by molar-refractivity contribution is 6.30. The first kappa shape index (κ1) is 19.7. The molecule has 26 heavy (non-hydrogen) atoms. The summed E-state index contributed by atoms with van der Waals surface area (Å²) in [5.74, 6) is -0.650. The molecule has 0 radical (unpaired) electrons. The Labute approximate surface area is 156 Å². The number of carboxylic acid groups (broad SMARTS) is 1. The number of aliphatic carboxylic acids is 1. The minimum Gasteiger partial charge on any atom is -0.480 e. The van der Waals surface area contributed by atoms with Gasteiger partial charge in [-0.15, -0.1) is 0 Å². The van der Waals surface area contributed by atoms with E-state index in [1.165, 1.54) is 0 Å². The molecular formula is C18H20ClN3O4. The number of hydrogen-bond acceptors (Lipinski definition) is 5. The molecule has 1 N–H and O–H groups in total. The minimum absolute atomic E-state index is 0.0294. The largest absolute Gasteiger partial charge is 0.480 e. The van der Waals surface area contributed by atoms with Gasteiger partial charge in [0.15, 0.2) is 5.82 Å². The first-order valence-electron chi connectivity index (χ1n) is 7.90. The molecule has 7 nitrogen and oxygen atoms in total. The third kappa shape index (κ3) is 6.00. The molecular weight excluding hydrogens is 358 g/mol. The van der Waals surface area contributed by atoms with Crippen LogP contribution in [0.2, 0.25) is 5.02 Å². The lowest BCUT2D eigenvalue weighted by atomic mass is 10.1. The van der Waals surface area contributed by atoms with E-state index in [9.17, 15) is 9.59 Å². The molecule has 1 heterocycles. The second-order valence-corrected chi connectivity index (χ2v) is 7.09. The standard InChI is InChI=1S/C18H20ClN3O4/c1-18(2,3)26-17(25)22(11-15(23)24)10-12-7-13(9-14(19)8-12)16-20-5-4-6-21-16/h4-9H,10-11H2,1-3H3,(H,23,24). The lowest BCUT2D eigenvalue weighted by Crippen LogP contribution is -2.39. The zero-order chi connectivity index (χ0) is 19.3. The van der Waals surface area contributed by atoms with Gasteiger partial charge in [0.1, 0.15) is 12.1 Å². The molecule has 0 aliphatic rings. The Morgan fingerprint density at radius 1 is 1.19 bits per heavy atom. The van der Waals surface area contributed by atoms with Crippen molar-refractivity contribution in [3.63, 3.8) is 0 Å².